The molecule has 0 aliphatic heterocycles. The number of nitriles is 1. The van der Waals surface area contributed by atoms with Gasteiger partial charge in [0.1, 0.15) is 6.07 Å². The Bertz CT molecular complexity index is 451. The molecule has 0 unspecified atom stereocenters. The first-order chi connectivity index (χ1) is 6.88. The van der Waals surface area contributed by atoms with Crippen LogP contribution in [0.2, 0.25) is 0 Å². The Morgan fingerprint density at radius 2 is 2.00 bits per heavy atom. The minimum atomic E-state index is 0.459. The van der Waals surface area contributed by atoms with Crippen LogP contribution < -0.4 is 0 Å². The Labute approximate surface area is 82.2 Å². The number of rotatable bonds is 2. The molecule has 1 heterocycles. The Morgan fingerprint density at radius 1 is 1.21 bits per heavy atom. The van der Waals surface area contributed by atoms with Crippen molar-refractivity contribution in [3.05, 3.63) is 53.9 Å². The fourth-order valence-corrected chi connectivity index (χ4v) is 1.28. The van der Waals surface area contributed by atoms with Gasteiger partial charge in [-0.1, -0.05) is 30.3 Å². The van der Waals surface area contributed by atoms with Crippen LogP contribution in [-0.4, -0.2) is 9.78 Å². The number of hydrogen-bond donors (Lipinski definition) is 0. The van der Waals surface area contributed by atoms with Gasteiger partial charge in [-0.2, -0.15) is 10.4 Å². The van der Waals surface area contributed by atoms with Gasteiger partial charge in [0.15, 0.2) is 5.69 Å². The fourth-order valence-electron chi connectivity index (χ4n) is 1.28. The van der Waals surface area contributed by atoms with Crippen molar-refractivity contribution < 1.29 is 0 Å². The third-order valence-electron chi connectivity index (χ3n) is 1.94. The predicted molar refractivity (Wildman–Crippen MR) is 52.5 cm³/mol. The van der Waals surface area contributed by atoms with Crippen LogP contribution in [0.15, 0.2) is 42.6 Å². The normalized spacial score (nSPS) is 9.64. The van der Waals surface area contributed by atoms with E-state index >= 15 is 0 Å². The second-order valence-corrected chi connectivity index (χ2v) is 3.00. The number of aromatic nitrogens is 2. The van der Waals surface area contributed by atoms with E-state index in [0.29, 0.717) is 12.2 Å². The molecule has 2 aromatic rings. The fraction of sp³-hybridized carbons (Fsp3) is 0.0909. The summed E-state index contributed by atoms with van der Waals surface area (Å²) in [6.45, 7) is 0.711. The van der Waals surface area contributed by atoms with Gasteiger partial charge in [0, 0.05) is 6.20 Å². The maximum absolute atomic E-state index is 8.59. The molecule has 3 nitrogen and oxygen atoms in total. The molecule has 1 aromatic carbocycles. The van der Waals surface area contributed by atoms with E-state index in [2.05, 4.69) is 5.10 Å². The summed E-state index contributed by atoms with van der Waals surface area (Å²) < 4.78 is 1.76. The van der Waals surface area contributed by atoms with Gasteiger partial charge in [-0.15, -0.1) is 0 Å². The van der Waals surface area contributed by atoms with Crippen LogP contribution in [0.4, 0.5) is 0 Å². The molecule has 14 heavy (non-hydrogen) atoms. The van der Waals surface area contributed by atoms with Gasteiger partial charge in [-0.05, 0) is 11.6 Å². The van der Waals surface area contributed by atoms with Crippen molar-refractivity contribution in [2.75, 3.05) is 0 Å². The average Bonchev–Trinajstić information content (AvgIpc) is 2.67. The zero-order valence-electron chi connectivity index (χ0n) is 7.59. The van der Waals surface area contributed by atoms with E-state index in [9.17, 15) is 0 Å². The summed E-state index contributed by atoms with van der Waals surface area (Å²) in [4.78, 5) is 0. The highest BCUT2D eigenvalue weighted by Crippen LogP contribution is 2.02. The molecule has 0 fully saturated rings. The van der Waals surface area contributed by atoms with Crippen LogP contribution in [0.5, 0.6) is 0 Å². The molecule has 0 spiro atoms. The standard InChI is InChI=1S/C11H9N3/c12-8-11-6-7-14(13-11)9-10-4-2-1-3-5-10/h1-7H,9H2. The number of nitrogens with zero attached hydrogens (tertiary/aromatic N) is 3. The second kappa shape index (κ2) is 3.75. The number of hydrogen-bond acceptors (Lipinski definition) is 2. The molecule has 0 aliphatic rings. The van der Waals surface area contributed by atoms with Gasteiger partial charge in [0.25, 0.3) is 0 Å². The molecule has 68 valence electrons. The first-order valence-corrected chi connectivity index (χ1v) is 4.36. The molecule has 0 bridgehead atoms. The van der Waals surface area contributed by atoms with Crippen molar-refractivity contribution in [1.29, 1.82) is 5.26 Å². The minimum Gasteiger partial charge on any atom is -0.267 e. The van der Waals surface area contributed by atoms with E-state index in [0.717, 1.165) is 0 Å². The summed E-state index contributed by atoms with van der Waals surface area (Å²) in [5.41, 5.74) is 1.64. The molecule has 2 rings (SSSR count). The predicted octanol–water partition coefficient (Wildman–Crippen LogP) is 1.80. The van der Waals surface area contributed by atoms with Gasteiger partial charge < -0.3 is 0 Å². The van der Waals surface area contributed by atoms with Gasteiger partial charge in [-0.25, -0.2) is 0 Å². The molecule has 0 saturated carbocycles. The monoisotopic (exact) mass is 183 g/mol. The summed E-state index contributed by atoms with van der Waals surface area (Å²) in [7, 11) is 0. The number of benzene rings is 1. The maximum Gasteiger partial charge on any atom is 0.162 e. The van der Waals surface area contributed by atoms with Crippen LogP contribution in [0, 0.1) is 11.3 Å². The lowest BCUT2D eigenvalue weighted by molar-refractivity contribution is 0.684. The maximum atomic E-state index is 8.59. The molecule has 0 saturated heterocycles. The highest BCUT2D eigenvalue weighted by molar-refractivity contribution is 5.18. The molecular weight excluding hydrogens is 174 g/mol. The van der Waals surface area contributed by atoms with Gasteiger partial charge in [0.2, 0.25) is 0 Å². The highest BCUT2D eigenvalue weighted by atomic mass is 15.3. The van der Waals surface area contributed by atoms with Gasteiger partial charge in [0.05, 0.1) is 6.54 Å². The SMILES string of the molecule is N#Cc1ccn(Cc2ccccc2)n1. The topological polar surface area (TPSA) is 41.6 Å². The largest absolute Gasteiger partial charge is 0.267 e. The second-order valence-electron chi connectivity index (χ2n) is 3.00. The lowest BCUT2D eigenvalue weighted by atomic mass is 10.2. The van der Waals surface area contributed by atoms with Crippen molar-refractivity contribution in [2.24, 2.45) is 0 Å². The lowest BCUT2D eigenvalue weighted by Gasteiger charge is -2.00. The van der Waals surface area contributed by atoms with Gasteiger partial charge in [-0.3, -0.25) is 4.68 Å². The summed E-state index contributed by atoms with van der Waals surface area (Å²) in [5, 5.41) is 12.7. The first-order valence-electron chi connectivity index (χ1n) is 4.36. The van der Waals surface area contributed by atoms with Crippen molar-refractivity contribution in [3.63, 3.8) is 0 Å². The minimum absolute atomic E-state index is 0.459. The van der Waals surface area contributed by atoms with Crippen LogP contribution >= 0.6 is 0 Å². The van der Waals surface area contributed by atoms with E-state index in [-0.39, 0.29) is 0 Å². The van der Waals surface area contributed by atoms with E-state index in [1.165, 1.54) is 5.56 Å². The van der Waals surface area contributed by atoms with E-state index in [4.69, 9.17) is 5.26 Å². The molecule has 0 N–H and O–H groups in total. The molecular formula is C11H9N3. The molecule has 3 heteroatoms. The highest BCUT2D eigenvalue weighted by Gasteiger charge is 1.97. The summed E-state index contributed by atoms with van der Waals surface area (Å²) >= 11 is 0. The van der Waals surface area contributed by atoms with Crippen LogP contribution in [0.3, 0.4) is 0 Å². The van der Waals surface area contributed by atoms with Crippen LogP contribution in [-0.2, 0) is 6.54 Å². The lowest BCUT2D eigenvalue weighted by Crippen LogP contribution is -1.99. The molecule has 0 atom stereocenters. The summed E-state index contributed by atoms with van der Waals surface area (Å²) in [6, 6.07) is 13.7. The zero-order valence-corrected chi connectivity index (χ0v) is 7.59. The molecule has 1 aromatic heterocycles. The van der Waals surface area contributed by atoms with Gasteiger partial charge >= 0.3 is 0 Å². The van der Waals surface area contributed by atoms with Crippen LogP contribution in [0.25, 0.3) is 0 Å². The van der Waals surface area contributed by atoms with Crippen molar-refractivity contribution in [2.45, 2.75) is 6.54 Å². The Morgan fingerprint density at radius 3 is 2.64 bits per heavy atom. The van der Waals surface area contributed by atoms with Crippen LogP contribution in [0.1, 0.15) is 11.3 Å². The Balaban J connectivity index is 2.16. The molecule has 0 radical (unpaired) electrons. The Hall–Kier alpha value is -2.08. The van der Waals surface area contributed by atoms with Crippen molar-refractivity contribution in [3.8, 4) is 6.07 Å². The average molecular weight is 183 g/mol. The van der Waals surface area contributed by atoms with Crippen molar-refractivity contribution >= 4 is 0 Å². The van der Waals surface area contributed by atoms with Crippen molar-refractivity contribution in [1.82, 2.24) is 9.78 Å². The smallest absolute Gasteiger partial charge is 0.162 e. The Kier molecular flexibility index (Phi) is 2.28. The van der Waals surface area contributed by atoms with E-state index in [1.807, 2.05) is 42.6 Å². The van der Waals surface area contributed by atoms with E-state index < -0.39 is 0 Å². The summed E-state index contributed by atoms with van der Waals surface area (Å²) in [6.07, 6.45) is 1.81. The molecule has 0 amide bonds. The first kappa shape index (κ1) is 8.52. The summed E-state index contributed by atoms with van der Waals surface area (Å²) in [5.74, 6) is 0. The zero-order chi connectivity index (χ0) is 9.80. The third kappa shape index (κ3) is 1.80. The quantitative estimate of drug-likeness (QED) is 0.712. The molecule has 0 aliphatic carbocycles. The third-order valence-corrected chi connectivity index (χ3v) is 1.94. The van der Waals surface area contributed by atoms with E-state index in [1.54, 1.807) is 10.7 Å².